The van der Waals surface area contributed by atoms with E-state index in [0.29, 0.717) is 5.92 Å². The first-order chi connectivity index (χ1) is 12.4. The minimum atomic E-state index is -1.04. The quantitative estimate of drug-likeness (QED) is 0.657. The van der Waals surface area contributed by atoms with E-state index in [-0.39, 0.29) is 18.1 Å². The number of benzene rings is 1. The number of fused-ring (bicyclic) bond motifs is 1. The molecule has 1 aromatic carbocycles. The summed E-state index contributed by atoms with van der Waals surface area (Å²) in [7, 11) is 0. The van der Waals surface area contributed by atoms with Gasteiger partial charge >= 0.3 is 5.97 Å². The van der Waals surface area contributed by atoms with E-state index in [1.807, 2.05) is 13.0 Å². The van der Waals surface area contributed by atoms with Crippen LogP contribution < -0.4 is 11.1 Å². The van der Waals surface area contributed by atoms with E-state index in [1.54, 1.807) is 18.2 Å². The molecule has 0 saturated carbocycles. The Labute approximate surface area is 153 Å². The van der Waals surface area contributed by atoms with Crippen molar-refractivity contribution in [3.63, 3.8) is 0 Å². The number of hydrogen-bond donors (Lipinski definition) is 4. The summed E-state index contributed by atoms with van der Waals surface area (Å²) in [6.45, 7) is 5.11. The molecule has 2 heterocycles. The molecule has 5 N–H and O–H groups in total. The van der Waals surface area contributed by atoms with E-state index < -0.39 is 12.0 Å². The van der Waals surface area contributed by atoms with Crippen molar-refractivity contribution in [3.8, 4) is 5.75 Å². The van der Waals surface area contributed by atoms with Crippen LogP contribution in [0.4, 0.5) is 5.82 Å². The van der Waals surface area contributed by atoms with Crippen LogP contribution in [0.5, 0.6) is 5.75 Å². The van der Waals surface area contributed by atoms with Crippen LogP contribution in [0.1, 0.15) is 54.5 Å². The zero-order valence-electron chi connectivity index (χ0n) is 15.1. The third kappa shape index (κ3) is 3.65. The van der Waals surface area contributed by atoms with Crippen LogP contribution in [0.15, 0.2) is 30.3 Å². The molecule has 0 spiro atoms. The number of nitrogens with two attached hydrogens (primary N) is 1. The normalized spacial score (nSPS) is 18.5. The molecule has 1 aromatic heterocycles. The summed E-state index contributed by atoms with van der Waals surface area (Å²) in [5.41, 5.74) is 9.46. The number of aliphatic carboxylic acids is 1. The number of aromatic nitrogens is 1. The Morgan fingerprint density at radius 1 is 1.38 bits per heavy atom. The number of phenolic OH excluding ortho intramolecular Hbond substituents is 1. The van der Waals surface area contributed by atoms with Gasteiger partial charge in [0.1, 0.15) is 17.6 Å². The summed E-state index contributed by atoms with van der Waals surface area (Å²) in [4.78, 5) is 15.9. The maximum absolute atomic E-state index is 11.1. The first-order valence-electron chi connectivity index (χ1n) is 8.91. The molecule has 3 atom stereocenters. The Morgan fingerprint density at radius 3 is 2.88 bits per heavy atom. The summed E-state index contributed by atoms with van der Waals surface area (Å²) in [6.07, 6.45) is 1.29. The number of carboxylic acid groups (broad SMARTS) is 1. The number of aromatic hydroxyl groups is 1. The first-order valence-corrected chi connectivity index (χ1v) is 8.91. The molecule has 1 aliphatic heterocycles. The molecule has 2 aromatic rings. The van der Waals surface area contributed by atoms with E-state index in [0.717, 1.165) is 35.6 Å². The molecule has 0 bridgehead atoms. The van der Waals surface area contributed by atoms with Crippen LogP contribution in [0, 0.1) is 0 Å². The van der Waals surface area contributed by atoms with Gasteiger partial charge in [-0.25, -0.2) is 4.98 Å². The maximum atomic E-state index is 11.1. The lowest BCUT2D eigenvalue weighted by Gasteiger charge is -2.25. The lowest BCUT2D eigenvalue weighted by molar-refractivity contribution is -0.138. The van der Waals surface area contributed by atoms with Gasteiger partial charge in [-0.1, -0.05) is 26.0 Å². The number of carboxylic acids is 1. The standard InChI is InChI=1S/C20H25N3O3/c1-11-7-8-22-19-15(11)5-6-18(23-19)12(2)16-10-14(24)4-3-13(16)9-17(21)20(25)26/h3-6,10-12,17,24H,7-9,21H2,1-2H3,(H,22,23)(H,25,26)/t11?,12?,17-/m0/s1. The van der Waals surface area contributed by atoms with E-state index in [1.165, 1.54) is 5.56 Å². The number of hydrogen-bond acceptors (Lipinski definition) is 5. The Morgan fingerprint density at radius 2 is 2.15 bits per heavy atom. The highest BCUT2D eigenvalue weighted by molar-refractivity contribution is 5.73. The van der Waals surface area contributed by atoms with Crippen LogP contribution in [0.25, 0.3) is 0 Å². The lowest BCUT2D eigenvalue weighted by atomic mass is 9.88. The molecule has 138 valence electrons. The molecular formula is C20H25N3O3. The average Bonchev–Trinajstić information content (AvgIpc) is 2.62. The fourth-order valence-corrected chi connectivity index (χ4v) is 3.48. The fourth-order valence-electron chi connectivity index (χ4n) is 3.48. The van der Waals surface area contributed by atoms with E-state index in [4.69, 9.17) is 15.8 Å². The first kappa shape index (κ1) is 18.2. The van der Waals surface area contributed by atoms with Gasteiger partial charge in [0.15, 0.2) is 0 Å². The predicted molar refractivity (Wildman–Crippen MR) is 101 cm³/mol. The van der Waals surface area contributed by atoms with Crippen LogP contribution in [0.3, 0.4) is 0 Å². The van der Waals surface area contributed by atoms with E-state index in [2.05, 4.69) is 18.3 Å². The highest BCUT2D eigenvalue weighted by Crippen LogP contribution is 2.34. The number of nitrogens with zero attached hydrogens (tertiary/aromatic N) is 1. The van der Waals surface area contributed by atoms with Gasteiger partial charge in [0.25, 0.3) is 0 Å². The second-order valence-electron chi connectivity index (χ2n) is 7.04. The topological polar surface area (TPSA) is 108 Å². The molecule has 1 aliphatic rings. The summed E-state index contributed by atoms with van der Waals surface area (Å²) < 4.78 is 0. The molecule has 0 aliphatic carbocycles. The minimum Gasteiger partial charge on any atom is -0.508 e. The number of rotatable bonds is 5. The molecule has 3 rings (SSSR count). The van der Waals surface area contributed by atoms with Crippen LogP contribution in [0.2, 0.25) is 0 Å². The highest BCUT2D eigenvalue weighted by atomic mass is 16.4. The molecule has 0 fully saturated rings. The Balaban J connectivity index is 1.95. The number of pyridine rings is 1. The zero-order valence-corrected chi connectivity index (χ0v) is 15.1. The van der Waals surface area contributed by atoms with Crippen LogP contribution >= 0.6 is 0 Å². The molecule has 6 nitrogen and oxygen atoms in total. The molecule has 0 radical (unpaired) electrons. The highest BCUT2D eigenvalue weighted by Gasteiger charge is 2.22. The smallest absolute Gasteiger partial charge is 0.320 e. The van der Waals surface area contributed by atoms with Gasteiger partial charge in [-0.2, -0.15) is 0 Å². The van der Waals surface area contributed by atoms with Crippen molar-refractivity contribution in [1.29, 1.82) is 0 Å². The SMILES string of the molecule is CC1CCNc2nc(C(C)c3cc(O)ccc3C[C@H](N)C(=O)O)ccc21. The number of carbonyl (C=O) groups is 1. The van der Waals surface area contributed by atoms with Crippen molar-refractivity contribution in [2.45, 2.75) is 44.6 Å². The van der Waals surface area contributed by atoms with E-state index in [9.17, 15) is 9.90 Å². The number of anilines is 1. The fraction of sp³-hybridized carbons (Fsp3) is 0.400. The Hall–Kier alpha value is -2.60. The van der Waals surface area contributed by atoms with Crippen molar-refractivity contribution >= 4 is 11.8 Å². The molecular weight excluding hydrogens is 330 g/mol. The van der Waals surface area contributed by atoms with Crippen molar-refractivity contribution in [3.05, 3.63) is 52.7 Å². The zero-order chi connectivity index (χ0) is 18.8. The van der Waals surface area contributed by atoms with Gasteiger partial charge in [-0.05, 0) is 53.6 Å². The molecule has 2 unspecified atom stereocenters. The van der Waals surface area contributed by atoms with Gasteiger partial charge in [-0.15, -0.1) is 0 Å². The molecule has 26 heavy (non-hydrogen) atoms. The van der Waals surface area contributed by atoms with Crippen LogP contribution in [-0.2, 0) is 11.2 Å². The molecule has 0 saturated heterocycles. The largest absolute Gasteiger partial charge is 0.508 e. The van der Waals surface area contributed by atoms with Gasteiger partial charge in [-0.3, -0.25) is 4.79 Å². The Kier molecular flexibility index (Phi) is 5.13. The van der Waals surface area contributed by atoms with Gasteiger partial charge < -0.3 is 21.3 Å². The van der Waals surface area contributed by atoms with Gasteiger partial charge in [0, 0.05) is 12.5 Å². The summed E-state index contributed by atoms with van der Waals surface area (Å²) in [5, 5.41) is 22.4. The number of phenols is 1. The van der Waals surface area contributed by atoms with Gasteiger partial charge in [0.2, 0.25) is 0 Å². The minimum absolute atomic E-state index is 0.0950. The van der Waals surface area contributed by atoms with E-state index >= 15 is 0 Å². The third-order valence-corrected chi connectivity index (χ3v) is 5.15. The van der Waals surface area contributed by atoms with Gasteiger partial charge in [0.05, 0.1) is 5.69 Å². The monoisotopic (exact) mass is 355 g/mol. The number of nitrogens with one attached hydrogen (secondary N) is 1. The second-order valence-corrected chi connectivity index (χ2v) is 7.04. The second kappa shape index (κ2) is 7.33. The average molecular weight is 355 g/mol. The third-order valence-electron chi connectivity index (χ3n) is 5.15. The van der Waals surface area contributed by atoms with Crippen molar-refractivity contribution in [1.82, 2.24) is 4.98 Å². The Bertz CT molecular complexity index is 822. The van der Waals surface area contributed by atoms with Crippen LogP contribution in [-0.4, -0.2) is 33.8 Å². The molecule has 0 amide bonds. The van der Waals surface area contributed by atoms with Crippen molar-refractivity contribution in [2.24, 2.45) is 5.73 Å². The predicted octanol–water partition coefficient (Wildman–Crippen LogP) is 2.81. The van der Waals surface area contributed by atoms with Crippen molar-refractivity contribution in [2.75, 3.05) is 11.9 Å². The summed E-state index contributed by atoms with van der Waals surface area (Å²) in [6, 6.07) is 8.11. The molecule has 6 heteroatoms. The summed E-state index contributed by atoms with van der Waals surface area (Å²) >= 11 is 0. The van der Waals surface area contributed by atoms with Crippen molar-refractivity contribution < 1.29 is 15.0 Å². The lowest BCUT2D eigenvalue weighted by Crippen LogP contribution is -2.32. The summed E-state index contributed by atoms with van der Waals surface area (Å²) in [5.74, 6) is 0.401. The maximum Gasteiger partial charge on any atom is 0.320 e.